The minimum absolute atomic E-state index is 0.384. The van der Waals surface area contributed by atoms with Crippen molar-refractivity contribution in [3.05, 3.63) is 0 Å². The predicted molar refractivity (Wildman–Crippen MR) is 68.2 cm³/mol. The summed E-state index contributed by atoms with van der Waals surface area (Å²) in [4.78, 5) is 0. The normalized spacial score (nSPS) is 49.1. The molecule has 16 heavy (non-hydrogen) atoms. The van der Waals surface area contributed by atoms with Crippen LogP contribution in [-0.4, -0.2) is 10.7 Å². The third-order valence-corrected chi connectivity index (χ3v) is 5.33. The van der Waals surface area contributed by atoms with Crippen LogP contribution in [0, 0.1) is 29.6 Å². The lowest BCUT2D eigenvalue weighted by molar-refractivity contribution is -0.0711. The van der Waals surface area contributed by atoms with Crippen molar-refractivity contribution >= 4 is 0 Å². The summed E-state index contributed by atoms with van der Waals surface area (Å²) >= 11 is 0. The van der Waals surface area contributed by atoms with E-state index in [2.05, 4.69) is 20.8 Å². The molecule has 2 fully saturated rings. The Morgan fingerprint density at radius 2 is 1.81 bits per heavy atom. The highest BCUT2D eigenvalue weighted by Gasteiger charge is 2.45. The van der Waals surface area contributed by atoms with Crippen LogP contribution in [0.5, 0.6) is 0 Å². The number of hydrogen-bond acceptors (Lipinski definition) is 1. The van der Waals surface area contributed by atoms with E-state index < -0.39 is 0 Å². The Labute approximate surface area is 101 Å². The van der Waals surface area contributed by atoms with Gasteiger partial charge in [-0.25, -0.2) is 0 Å². The Kier molecular flexibility index (Phi) is 3.36. The van der Waals surface area contributed by atoms with Gasteiger partial charge in [0.1, 0.15) is 0 Å². The summed E-state index contributed by atoms with van der Waals surface area (Å²) in [5.41, 5.74) is -0.384. The van der Waals surface area contributed by atoms with Gasteiger partial charge in [0, 0.05) is 0 Å². The molecule has 0 unspecified atom stereocenters. The summed E-state index contributed by atoms with van der Waals surface area (Å²) < 4.78 is 0. The van der Waals surface area contributed by atoms with Gasteiger partial charge in [-0.05, 0) is 62.2 Å². The molecule has 0 saturated heterocycles. The first kappa shape index (κ1) is 12.4. The van der Waals surface area contributed by atoms with Crippen LogP contribution in [0.25, 0.3) is 0 Å². The zero-order chi connectivity index (χ0) is 11.9. The van der Waals surface area contributed by atoms with Gasteiger partial charge in [-0.1, -0.05) is 27.2 Å². The Morgan fingerprint density at radius 3 is 2.44 bits per heavy atom. The molecule has 0 aromatic carbocycles. The quantitative estimate of drug-likeness (QED) is 0.717. The van der Waals surface area contributed by atoms with Crippen molar-refractivity contribution < 1.29 is 5.11 Å². The molecule has 2 saturated carbocycles. The fraction of sp³-hybridized carbons (Fsp3) is 1.00. The van der Waals surface area contributed by atoms with Crippen LogP contribution < -0.4 is 0 Å². The Bertz CT molecular complexity index is 242. The van der Waals surface area contributed by atoms with Crippen molar-refractivity contribution in [3.8, 4) is 0 Å². The average Bonchev–Trinajstić information content (AvgIpc) is 2.15. The van der Waals surface area contributed by atoms with Crippen LogP contribution in [0.4, 0.5) is 0 Å². The largest absolute Gasteiger partial charge is 0.390 e. The van der Waals surface area contributed by atoms with Crippen LogP contribution in [0.1, 0.15) is 59.8 Å². The van der Waals surface area contributed by atoms with Gasteiger partial charge in [0.25, 0.3) is 0 Å². The van der Waals surface area contributed by atoms with Gasteiger partial charge in [0.2, 0.25) is 0 Å². The summed E-state index contributed by atoms with van der Waals surface area (Å²) in [6.45, 7) is 9.19. The maximum Gasteiger partial charge on any atom is 0.0622 e. The molecule has 5 atom stereocenters. The van der Waals surface area contributed by atoms with E-state index in [0.717, 1.165) is 42.4 Å². The second-order valence-corrected chi connectivity index (χ2v) is 7.03. The molecule has 2 aliphatic carbocycles. The number of fused-ring (bicyclic) bond motifs is 1. The van der Waals surface area contributed by atoms with Crippen molar-refractivity contribution in [1.29, 1.82) is 0 Å². The van der Waals surface area contributed by atoms with Gasteiger partial charge >= 0.3 is 0 Å². The predicted octanol–water partition coefficient (Wildman–Crippen LogP) is 3.86. The molecule has 0 aromatic rings. The second-order valence-electron chi connectivity index (χ2n) is 7.03. The van der Waals surface area contributed by atoms with E-state index in [1.54, 1.807) is 0 Å². The monoisotopic (exact) mass is 224 g/mol. The van der Waals surface area contributed by atoms with Gasteiger partial charge < -0.3 is 5.11 Å². The third kappa shape index (κ3) is 2.30. The first-order valence-electron chi connectivity index (χ1n) is 7.13. The highest BCUT2D eigenvalue weighted by atomic mass is 16.3. The number of aliphatic hydroxyl groups is 1. The molecule has 94 valence electrons. The lowest BCUT2D eigenvalue weighted by Crippen LogP contribution is -2.45. The summed E-state index contributed by atoms with van der Waals surface area (Å²) in [7, 11) is 0. The molecule has 1 nitrogen and oxygen atoms in total. The van der Waals surface area contributed by atoms with Gasteiger partial charge in [0.15, 0.2) is 0 Å². The SMILES string of the molecule is CC(C)[C@@H]1CC[C@@H](C)[C@@H]2CC[C@@](C)(O)C[C@@H]21. The molecule has 1 N–H and O–H groups in total. The minimum atomic E-state index is -0.384. The van der Waals surface area contributed by atoms with Crippen LogP contribution in [0.3, 0.4) is 0 Å². The van der Waals surface area contributed by atoms with E-state index in [1.165, 1.54) is 19.3 Å². The Balaban J connectivity index is 2.15. The van der Waals surface area contributed by atoms with E-state index >= 15 is 0 Å². The molecule has 0 heterocycles. The van der Waals surface area contributed by atoms with Crippen molar-refractivity contribution in [2.24, 2.45) is 29.6 Å². The summed E-state index contributed by atoms with van der Waals surface area (Å²) in [5.74, 6) is 4.20. The summed E-state index contributed by atoms with van der Waals surface area (Å²) in [6.07, 6.45) is 6.11. The van der Waals surface area contributed by atoms with Crippen molar-refractivity contribution in [2.45, 2.75) is 65.4 Å². The molecule has 0 aliphatic heterocycles. The summed E-state index contributed by atoms with van der Waals surface area (Å²) in [5, 5.41) is 10.3. The second kappa shape index (κ2) is 4.33. The molecule has 0 bridgehead atoms. The maximum atomic E-state index is 10.3. The first-order chi connectivity index (χ1) is 7.41. The van der Waals surface area contributed by atoms with Gasteiger partial charge in [-0.3, -0.25) is 0 Å². The molecule has 2 rings (SSSR count). The number of hydrogen-bond donors (Lipinski definition) is 1. The van der Waals surface area contributed by atoms with Gasteiger partial charge in [0.05, 0.1) is 5.60 Å². The van der Waals surface area contributed by atoms with Crippen LogP contribution >= 0.6 is 0 Å². The molecule has 2 aliphatic rings. The molecule has 0 amide bonds. The fourth-order valence-electron chi connectivity index (χ4n) is 4.34. The Hall–Kier alpha value is -0.0400. The molecule has 0 spiro atoms. The van der Waals surface area contributed by atoms with Crippen molar-refractivity contribution in [3.63, 3.8) is 0 Å². The first-order valence-corrected chi connectivity index (χ1v) is 7.13. The van der Waals surface area contributed by atoms with Crippen molar-refractivity contribution in [1.82, 2.24) is 0 Å². The van der Waals surface area contributed by atoms with Crippen LogP contribution in [0.15, 0.2) is 0 Å². The standard InChI is InChI=1S/C15H28O/c1-10(2)12-6-5-11(3)13-7-8-15(4,16)9-14(12)13/h10-14,16H,5-9H2,1-4H3/t11-,12+,13+,14-,15-/m1/s1. The highest BCUT2D eigenvalue weighted by Crippen LogP contribution is 2.51. The van der Waals surface area contributed by atoms with E-state index in [1.807, 2.05) is 6.92 Å². The molecular formula is C15H28O. The minimum Gasteiger partial charge on any atom is -0.390 e. The molecular weight excluding hydrogens is 196 g/mol. The van der Waals surface area contributed by atoms with Gasteiger partial charge in [-0.2, -0.15) is 0 Å². The lowest BCUT2D eigenvalue weighted by Gasteiger charge is -2.50. The zero-order valence-electron chi connectivity index (χ0n) is 11.4. The van der Waals surface area contributed by atoms with E-state index in [9.17, 15) is 5.11 Å². The van der Waals surface area contributed by atoms with E-state index in [0.29, 0.717) is 0 Å². The highest BCUT2D eigenvalue weighted by molar-refractivity contribution is 4.95. The number of rotatable bonds is 1. The van der Waals surface area contributed by atoms with E-state index in [-0.39, 0.29) is 5.60 Å². The summed E-state index contributed by atoms with van der Waals surface area (Å²) in [6, 6.07) is 0. The third-order valence-electron chi connectivity index (χ3n) is 5.33. The maximum absolute atomic E-state index is 10.3. The smallest absolute Gasteiger partial charge is 0.0622 e. The lowest BCUT2D eigenvalue weighted by atomic mass is 9.57. The fourth-order valence-corrected chi connectivity index (χ4v) is 4.34. The zero-order valence-corrected chi connectivity index (χ0v) is 11.4. The topological polar surface area (TPSA) is 20.2 Å². The van der Waals surface area contributed by atoms with Crippen LogP contribution in [0.2, 0.25) is 0 Å². The molecule has 0 radical (unpaired) electrons. The van der Waals surface area contributed by atoms with Crippen LogP contribution in [-0.2, 0) is 0 Å². The van der Waals surface area contributed by atoms with Gasteiger partial charge in [-0.15, -0.1) is 0 Å². The molecule has 0 aromatic heterocycles. The van der Waals surface area contributed by atoms with Crippen molar-refractivity contribution in [2.75, 3.05) is 0 Å². The molecule has 1 heteroatoms. The Morgan fingerprint density at radius 1 is 1.12 bits per heavy atom. The van der Waals surface area contributed by atoms with E-state index in [4.69, 9.17) is 0 Å². The average molecular weight is 224 g/mol.